The van der Waals surface area contributed by atoms with E-state index in [1.54, 1.807) is 16.3 Å². The van der Waals surface area contributed by atoms with Crippen LogP contribution in [-0.4, -0.2) is 8.07 Å². The van der Waals surface area contributed by atoms with E-state index in [2.05, 4.69) is 93.7 Å². The maximum atomic E-state index is 2.59. The molecule has 0 bridgehead atoms. The molecule has 1 aliphatic carbocycles. The van der Waals surface area contributed by atoms with Gasteiger partial charge in [-0.15, -0.1) is 0 Å². The van der Waals surface area contributed by atoms with Crippen molar-refractivity contribution in [2.45, 2.75) is 103 Å². The van der Waals surface area contributed by atoms with E-state index in [9.17, 15) is 0 Å². The number of hydrogen-bond donors (Lipinski definition) is 0. The van der Waals surface area contributed by atoms with Gasteiger partial charge < -0.3 is 0 Å². The van der Waals surface area contributed by atoms with Crippen molar-refractivity contribution < 1.29 is 0 Å². The molecule has 1 aliphatic rings. The van der Waals surface area contributed by atoms with Crippen LogP contribution in [0, 0.1) is 0 Å². The van der Waals surface area contributed by atoms with Gasteiger partial charge in [0.1, 0.15) is 0 Å². The molecule has 0 N–H and O–H groups in total. The van der Waals surface area contributed by atoms with Gasteiger partial charge in [-0.25, -0.2) is 0 Å². The van der Waals surface area contributed by atoms with Crippen LogP contribution in [0.25, 0.3) is 0 Å². The Balaban J connectivity index is 1.76. The molecule has 1 heteroatoms. The highest BCUT2D eigenvalue weighted by Gasteiger charge is 2.33. The van der Waals surface area contributed by atoms with Crippen LogP contribution in [0.5, 0.6) is 0 Å². The van der Waals surface area contributed by atoms with E-state index in [4.69, 9.17) is 0 Å². The molecular weight excluding hydrogens is 412 g/mol. The van der Waals surface area contributed by atoms with Gasteiger partial charge in [0.2, 0.25) is 0 Å². The van der Waals surface area contributed by atoms with Crippen LogP contribution in [0.15, 0.2) is 72.3 Å². The quantitative estimate of drug-likeness (QED) is 0.196. The first-order valence-electron chi connectivity index (χ1n) is 13.6. The van der Waals surface area contributed by atoms with Gasteiger partial charge in [0.25, 0.3) is 0 Å². The molecule has 2 aromatic carbocycles. The van der Waals surface area contributed by atoms with Gasteiger partial charge in [-0.3, -0.25) is 0 Å². The highest BCUT2D eigenvalue weighted by Crippen LogP contribution is 2.33. The molecule has 0 saturated carbocycles. The van der Waals surface area contributed by atoms with Crippen LogP contribution in [0.4, 0.5) is 0 Å². The molecular formula is C32H46Si. The minimum atomic E-state index is -1.64. The summed E-state index contributed by atoms with van der Waals surface area (Å²) in [7, 11) is -1.64. The number of hydrogen-bond acceptors (Lipinski definition) is 0. The third-order valence-corrected chi connectivity index (χ3v) is 11.2. The Bertz CT molecular complexity index is 873. The Morgan fingerprint density at radius 1 is 0.697 bits per heavy atom. The van der Waals surface area contributed by atoms with Crippen molar-refractivity contribution in [1.29, 1.82) is 0 Å². The molecule has 3 rings (SSSR count). The summed E-state index contributed by atoms with van der Waals surface area (Å²) in [5.74, 6) is 0. The molecule has 1 atom stereocenters. The van der Waals surface area contributed by atoms with E-state index in [1.807, 2.05) is 0 Å². The van der Waals surface area contributed by atoms with Gasteiger partial charge in [0.15, 0.2) is 0 Å². The molecule has 0 saturated heterocycles. The normalized spacial score (nSPS) is 15.8. The minimum absolute atomic E-state index is 0.597. The molecule has 0 fully saturated rings. The second-order valence-corrected chi connectivity index (χ2v) is 15.4. The topological polar surface area (TPSA) is 0 Å². The molecule has 0 nitrogen and oxygen atoms in total. The van der Waals surface area contributed by atoms with Crippen molar-refractivity contribution in [1.82, 2.24) is 0 Å². The lowest BCUT2D eigenvalue weighted by Crippen LogP contribution is -2.45. The summed E-state index contributed by atoms with van der Waals surface area (Å²) in [4.78, 5) is 0. The van der Waals surface area contributed by atoms with E-state index < -0.39 is 8.07 Å². The summed E-state index contributed by atoms with van der Waals surface area (Å²) in [6.07, 6.45) is 21.8. The third kappa shape index (κ3) is 7.85. The zero-order valence-electron chi connectivity index (χ0n) is 21.7. The fraction of sp³-hybridized carbons (Fsp3) is 0.500. The largest absolute Gasteiger partial charge is 0.0912 e. The number of rotatable bonds is 14. The summed E-state index contributed by atoms with van der Waals surface area (Å²) in [5.41, 5.74) is 6.68. The van der Waals surface area contributed by atoms with Crippen molar-refractivity contribution in [3.8, 4) is 0 Å². The number of unbranched alkanes of at least 4 members (excludes halogenated alkanes) is 6. The average Bonchev–Trinajstić information content (AvgIpc) is 3.29. The maximum absolute atomic E-state index is 2.59. The standard InChI is InChI=1S/C32H46Si/c1-5-7-9-12-18-28-23-29(19-13-10-8-6-2)26-32(25-28)33(3,4)31-21-20-30(24-31)22-27-16-14-11-15-17-27/h11,14-17,20-21,23-26,31H,5-10,12-13,18-19,22H2,1-4H3. The average molecular weight is 459 g/mol. The predicted molar refractivity (Wildman–Crippen MR) is 150 cm³/mol. The zero-order chi connectivity index (χ0) is 23.5. The molecule has 2 aromatic rings. The molecule has 0 aliphatic heterocycles. The molecule has 33 heavy (non-hydrogen) atoms. The zero-order valence-corrected chi connectivity index (χ0v) is 22.7. The summed E-state index contributed by atoms with van der Waals surface area (Å²) < 4.78 is 0. The molecule has 0 amide bonds. The smallest absolute Gasteiger partial charge is 0.0797 e. The molecule has 0 aromatic heterocycles. The molecule has 1 unspecified atom stereocenters. The van der Waals surface area contributed by atoms with Gasteiger partial charge >= 0.3 is 0 Å². The van der Waals surface area contributed by atoms with Gasteiger partial charge in [-0.05, 0) is 59.9 Å². The summed E-state index contributed by atoms with van der Waals surface area (Å²) in [6.45, 7) is 9.78. The first kappa shape index (κ1) is 25.8. The molecule has 0 radical (unpaired) electrons. The molecule has 178 valence electrons. The SMILES string of the molecule is CCCCCCc1cc(CCCCCC)cc([Si](C)(C)C2C=CC(Cc3ccccc3)=C2)c1. The van der Waals surface area contributed by atoms with Crippen LogP contribution in [0.2, 0.25) is 18.6 Å². The lowest BCUT2D eigenvalue weighted by molar-refractivity contribution is 0.661. The van der Waals surface area contributed by atoms with Gasteiger partial charge in [-0.1, -0.05) is 137 Å². The van der Waals surface area contributed by atoms with Crippen LogP contribution in [0.1, 0.15) is 81.9 Å². The number of allylic oxidation sites excluding steroid dienone is 4. The summed E-state index contributed by atoms with van der Waals surface area (Å²) in [5, 5.41) is 1.66. The fourth-order valence-corrected chi connectivity index (χ4v) is 7.80. The lowest BCUT2D eigenvalue weighted by Gasteiger charge is -2.29. The van der Waals surface area contributed by atoms with Crippen molar-refractivity contribution in [2.24, 2.45) is 0 Å². The predicted octanol–water partition coefficient (Wildman–Crippen LogP) is 8.96. The molecule has 0 heterocycles. The van der Waals surface area contributed by atoms with E-state index >= 15 is 0 Å². The Morgan fingerprint density at radius 3 is 1.88 bits per heavy atom. The third-order valence-electron chi connectivity index (χ3n) is 7.43. The number of benzene rings is 2. The summed E-state index contributed by atoms with van der Waals surface area (Å²) >= 11 is 0. The first-order valence-corrected chi connectivity index (χ1v) is 16.7. The van der Waals surface area contributed by atoms with E-state index in [-0.39, 0.29) is 0 Å². The highest BCUT2D eigenvalue weighted by atomic mass is 28.3. The van der Waals surface area contributed by atoms with Crippen LogP contribution < -0.4 is 5.19 Å². The van der Waals surface area contributed by atoms with Crippen LogP contribution in [-0.2, 0) is 19.3 Å². The second-order valence-electron chi connectivity index (χ2n) is 10.7. The Morgan fingerprint density at radius 2 is 1.30 bits per heavy atom. The second kappa shape index (κ2) is 13.1. The lowest BCUT2D eigenvalue weighted by atomic mass is 10.0. The van der Waals surface area contributed by atoms with Crippen molar-refractivity contribution >= 4 is 13.3 Å². The van der Waals surface area contributed by atoms with Crippen molar-refractivity contribution in [2.75, 3.05) is 0 Å². The van der Waals surface area contributed by atoms with Crippen LogP contribution in [0.3, 0.4) is 0 Å². The Labute approximate surface area is 205 Å². The van der Waals surface area contributed by atoms with E-state index in [0.29, 0.717) is 5.54 Å². The molecule has 0 spiro atoms. The minimum Gasteiger partial charge on any atom is -0.0797 e. The van der Waals surface area contributed by atoms with Gasteiger partial charge in [-0.2, -0.15) is 0 Å². The highest BCUT2D eigenvalue weighted by molar-refractivity contribution is 6.91. The first-order chi connectivity index (χ1) is 16.0. The fourth-order valence-electron chi connectivity index (χ4n) is 5.09. The summed E-state index contributed by atoms with van der Waals surface area (Å²) in [6, 6.07) is 18.6. The maximum Gasteiger partial charge on any atom is 0.0912 e. The van der Waals surface area contributed by atoms with Gasteiger partial charge in [0, 0.05) is 0 Å². The number of aryl methyl sites for hydroxylation is 2. The monoisotopic (exact) mass is 458 g/mol. The van der Waals surface area contributed by atoms with Crippen molar-refractivity contribution in [3.63, 3.8) is 0 Å². The Kier molecular flexibility index (Phi) is 10.2. The Hall–Kier alpha value is -1.86. The van der Waals surface area contributed by atoms with Crippen molar-refractivity contribution in [3.05, 3.63) is 89.0 Å². The van der Waals surface area contributed by atoms with E-state index in [1.165, 1.54) is 75.3 Å². The van der Waals surface area contributed by atoms with Gasteiger partial charge in [0.05, 0.1) is 8.07 Å². The van der Waals surface area contributed by atoms with Crippen LogP contribution >= 0.6 is 0 Å². The van der Waals surface area contributed by atoms with E-state index in [0.717, 1.165) is 6.42 Å².